The number of hydrogen-bond acceptors (Lipinski definition) is 4. The Hall–Kier alpha value is -0.870. The van der Waals surface area contributed by atoms with Crippen LogP contribution in [0.3, 0.4) is 0 Å². The standard InChI is InChI=1S/C16H27NO3/c1-12-8-13(2)15(14(3)9-12)11-20-16(18)10-17-4-6-19-7-5-17/h8,13-15H,4-7,9-11H2,1-3H3/t13-,14+,15+/m0/s1. The Morgan fingerprint density at radius 3 is 2.75 bits per heavy atom. The maximum atomic E-state index is 11.9. The number of morpholine rings is 1. The molecule has 0 aromatic heterocycles. The van der Waals surface area contributed by atoms with E-state index >= 15 is 0 Å². The molecule has 1 heterocycles. The van der Waals surface area contributed by atoms with Gasteiger partial charge in [-0.3, -0.25) is 9.69 Å². The van der Waals surface area contributed by atoms with Crippen LogP contribution in [0.2, 0.25) is 0 Å². The molecule has 1 fully saturated rings. The summed E-state index contributed by atoms with van der Waals surface area (Å²) >= 11 is 0. The molecule has 0 spiro atoms. The van der Waals surface area contributed by atoms with E-state index in [1.165, 1.54) is 5.57 Å². The monoisotopic (exact) mass is 281 g/mol. The first-order valence-corrected chi connectivity index (χ1v) is 7.69. The summed E-state index contributed by atoms with van der Waals surface area (Å²) in [6.45, 7) is 10.7. The number of esters is 1. The molecule has 0 N–H and O–H groups in total. The van der Waals surface area contributed by atoms with E-state index in [0.717, 1.165) is 19.5 Å². The molecule has 0 radical (unpaired) electrons. The Bertz CT molecular complexity index is 361. The van der Waals surface area contributed by atoms with Gasteiger partial charge in [0.1, 0.15) is 0 Å². The third kappa shape index (κ3) is 4.32. The van der Waals surface area contributed by atoms with Gasteiger partial charge in [0.05, 0.1) is 26.4 Å². The van der Waals surface area contributed by atoms with Gasteiger partial charge in [-0.25, -0.2) is 0 Å². The van der Waals surface area contributed by atoms with Crippen LogP contribution in [0.15, 0.2) is 11.6 Å². The SMILES string of the molecule is CC1=C[C@H](C)[C@@H](COC(=O)CN2CCOCC2)[C@H](C)C1. The van der Waals surface area contributed by atoms with Crippen LogP contribution in [0.4, 0.5) is 0 Å². The van der Waals surface area contributed by atoms with Gasteiger partial charge >= 0.3 is 5.97 Å². The highest BCUT2D eigenvalue weighted by atomic mass is 16.5. The molecule has 1 aliphatic carbocycles. The van der Waals surface area contributed by atoms with E-state index in [2.05, 4.69) is 31.7 Å². The Morgan fingerprint density at radius 1 is 1.40 bits per heavy atom. The van der Waals surface area contributed by atoms with Gasteiger partial charge in [-0.1, -0.05) is 25.5 Å². The normalized spacial score (nSPS) is 31.8. The summed E-state index contributed by atoms with van der Waals surface area (Å²) in [5.74, 6) is 1.44. The number of rotatable bonds is 4. The number of carbonyl (C=O) groups excluding carboxylic acids is 1. The van der Waals surface area contributed by atoms with E-state index in [0.29, 0.717) is 44.1 Å². The fourth-order valence-electron chi connectivity index (χ4n) is 3.31. The molecule has 3 atom stereocenters. The third-order valence-corrected chi connectivity index (χ3v) is 4.49. The molecule has 0 aromatic rings. The minimum atomic E-state index is -0.0995. The van der Waals surface area contributed by atoms with Crippen LogP contribution in [-0.4, -0.2) is 50.3 Å². The van der Waals surface area contributed by atoms with Crippen LogP contribution >= 0.6 is 0 Å². The average molecular weight is 281 g/mol. The lowest BCUT2D eigenvalue weighted by atomic mass is 9.75. The van der Waals surface area contributed by atoms with Crippen molar-refractivity contribution in [1.82, 2.24) is 4.90 Å². The van der Waals surface area contributed by atoms with Crippen LogP contribution in [0.1, 0.15) is 27.2 Å². The highest BCUT2D eigenvalue weighted by Crippen LogP contribution is 2.33. The molecule has 114 valence electrons. The molecule has 2 aliphatic rings. The lowest BCUT2D eigenvalue weighted by molar-refractivity contribution is -0.148. The Morgan fingerprint density at radius 2 is 2.10 bits per heavy atom. The lowest BCUT2D eigenvalue weighted by Crippen LogP contribution is -2.40. The Balaban J connectivity index is 1.75. The van der Waals surface area contributed by atoms with E-state index in [1.807, 2.05) is 0 Å². The summed E-state index contributed by atoms with van der Waals surface area (Å²) in [5, 5.41) is 0. The fourth-order valence-corrected chi connectivity index (χ4v) is 3.31. The maximum absolute atomic E-state index is 11.9. The van der Waals surface area contributed by atoms with Crippen molar-refractivity contribution >= 4 is 5.97 Å². The smallest absolute Gasteiger partial charge is 0.320 e. The number of nitrogens with zero attached hydrogens (tertiary/aromatic N) is 1. The summed E-state index contributed by atoms with van der Waals surface area (Å²) in [7, 11) is 0. The Kier molecular flexibility index (Phi) is 5.61. The first-order chi connectivity index (χ1) is 9.56. The molecule has 0 amide bonds. The van der Waals surface area contributed by atoms with Gasteiger partial charge in [-0.05, 0) is 25.2 Å². The van der Waals surface area contributed by atoms with E-state index in [-0.39, 0.29) is 5.97 Å². The van der Waals surface area contributed by atoms with E-state index < -0.39 is 0 Å². The summed E-state index contributed by atoms with van der Waals surface area (Å²) in [5.41, 5.74) is 1.46. The highest BCUT2D eigenvalue weighted by molar-refractivity contribution is 5.71. The van der Waals surface area contributed by atoms with Crippen LogP contribution in [0, 0.1) is 17.8 Å². The van der Waals surface area contributed by atoms with Gasteiger partial charge in [0.25, 0.3) is 0 Å². The van der Waals surface area contributed by atoms with Crippen molar-refractivity contribution in [3.05, 3.63) is 11.6 Å². The van der Waals surface area contributed by atoms with E-state index in [9.17, 15) is 4.79 Å². The maximum Gasteiger partial charge on any atom is 0.320 e. The van der Waals surface area contributed by atoms with E-state index in [4.69, 9.17) is 9.47 Å². The Labute approximate surface area is 122 Å². The third-order valence-electron chi connectivity index (χ3n) is 4.49. The van der Waals surface area contributed by atoms with Crippen molar-refractivity contribution < 1.29 is 14.3 Å². The molecule has 0 bridgehead atoms. The van der Waals surface area contributed by atoms with Crippen molar-refractivity contribution in [1.29, 1.82) is 0 Å². The summed E-state index contributed by atoms with van der Waals surface area (Å²) in [4.78, 5) is 14.0. The van der Waals surface area contributed by atoms with Gasteiger partial charge in [0.15, 0.2) is 0 Å². The molecule has 2 rings (SSSR count). The van der Waals surface area contributed by atoms with E-state index in [1.54, 1.807) is 0 Å². The van der Waals surface area contributed by atoms with Crippen molar-refractivity contribution in [2.45, 2.75) is 27.2 Å². The van der Waals surface area contributed by atoms with Crippen LogP contribution in [0.5, 0.6) is 0 Å². The fraction of sp³-hybridized carbons (Fsp3) is 0.812. The number of carbonyl (C=O) groups is 1. The van der Waals surface area contributed by atoms with Gasteiger partial charge in [0.2, 0.25) is 0 Å². The second-order valence-corrected chi connectivity index (χ2v) is 6.29. The molecule has 1 aliphatic heterocycles. The summed E-state index contributed by atoms with van der Waals surface area (Å²) in [6.07, 6.45) is 3.44. The number of hydrogen-bond donors (Lipinski definition) is 0. The van der Waals surface area contributed by atoms with Crippen molar-refractivity contribution in [3.63, 3.8) is 0 Å². The quantitative estimate of drug-likeness (QED) is 0.584. The molecule has 20 heavy (non-hydrogen) atoms. The number of allylic oxidation sites excluding steroid dienone is 2. The zero-order chi connectivity index (χ0) is 14.5. The predicted octanol–water partition coefficient (Wildman–Crippen LogP) is 2.10. The summed E-state index contributed by atoms with van der Waals surface area (Å²) < 4.78 is 10.8. The van der Waals surface area contributed by atoms with Crippen LogP contribution in [-0.2, 0) is 14.3 Å². The zero-order valence-electron chi connectivity index (χ0n) is 12.9. The van der Waals surface area contributed by atoms with Crippen molar-refractivity contribution in [3.8, 4) is 0 Å². The first-order valence-electron chi connectivity index (χ1n) is 7.69. The second kappa shape index (κ2) is 7.23. The summed E-state index contributed by atoms with van der Waals surface area (Å²) in [6, 6.07) is 0. The molecular weight excluding hydrogens is 254 g/mol. The van der Waals surface area contributed by atoms with Crippen molar-refractivity contribution in [2.75, 3.05) is 39.5 Å². The lowest BCUT2D eigenvalue weighted by Gasteiger charge is -2.33. The van der Waals surface area contributed by atoms with Gasteiger partial charge < -0.3 is 9.47 Å². The molecule has 0 unspecified atom stereocenters. The zero-order valence-corrected chi connectivity index (χ0v) is 12.9. The molecule has 0 aromatic carbocycles. The van der Waals surface area contributed by atoms with Gasteiger partial charge in [-0.15, -0.1) is 0 Å². The van der Waals surface area contributed by atoms with Crippen LogP contribution in [0.25, 0.3) is 0 Å². The van der Waals surface area contributed by atoms with Crippen molar-refractivity contribution in [2.24, 2.45) is 17.8 Å². The minimum absolute atomic E-state index is 0.0995. The number of ether oxygens (including phenoxy) is 2. The molecular formula is C16H27NO3. The molecule has 4 nitrogen and oxygen atoms in total. The van der Waals surface area contributed by atoms with Gasteiger partial charge in [-0.2, -0.15) is 0 Å². The average Bonchev–Trinajstić information content (AvgIpc) is 2.38. The minimum Gasteiger partial charge on any atom is -0.464 e. The molecule has 4 heteroatoms. The first kappa shape index (κ1) is 15.5. The highest BCUT2D eigenvalue weighted by Gasteiger charge is 2.28. The second-order valence-electron chi connectivity index (χ2n) is 6.29. The molecule has 0 saturated carbocycles. The topological polar surface area (TPSA) is 38.8 Å². The largest absolute Gasteiger partial charge is 0.464 e. The molecule has 1 saturated heterocycles. The predicted molar refractivity (Wildman–Crippen MR) is 78.4 cm³/mol. The van der Waals surface area contributed by atoms with Gasteiger partial charge in [0, 0.05) is 19.0 Å². The van der Waals surface area contributed by atoms with Crippen LogP contribution < -0.4 is 0 Å².